The van der Waals surface area contributed by atoms with E-state index in [1.807, 2.05) is 0 Å². The Balaban J connectivity index is 1.47. The number of benzene rings is 2. The van der Waals surface area contributed by atoms with Crippen LogP contribution in [-0.2, 0) is 11.4 Å². The molecule has 3 heterocycles. The number of nitrogens with two attached hydrogens (primary N) is 1. The third-order valence-corrected chi connectivity index (χ3v) is 6.24. The quantitative estimate of drug-likeness (QED) is 0.405. The lowest BCUT2D eigenvalue weighted by molar-refractivity contribution is -0.127. The molecule has 2 aromatic heterocycles. The van der Waals surface area contributed by atoms with Crippen molar-refractivity contribution in [2.45, 2.75) is 25.5 Å². The van der Waals surface area contributed by atoms with Gasteiger partial charge in [0.25, 0.3) is 0 Å². The number of nitrogen functional groups attached to an aromatic ring is 1. The van der Waals surface area contributed by atoms with E-state index in [-0.39, 0.29) is 35.9 Å². The highest BCUT2D eigenvalue weighted by molar-refractivity contribution is 5.98. The van der Waals surface area contributed by atoms with Gasteiger partial charge in [0, 0.05) is 18.7 Å². The van der Waals surface area contributed by atoms with Crippen molar-refractivity contribution in [2.24, 2.45) is 0 Å². The molecule has 0 spiro atoms. The van der Waals surface area contributed by atoms with Crippen LogP contribution in [0.5, 0.6) is 5.75 Å². The van der Waals surface area contributed by atoms with Crippen molar-refractivity contribution >= 4 is 22.8 Å². The molecule has 36 heavy (non-hydrogen) atoms. The second-order valence-corrected chi connectivity index (χ2v) is 8.60. The van der Waals surface area contributed by atoms with Crippen LogP contribution in [0, 0.1) is 11.6 Å². The van der Waals surface area contributed by atoms with Gasteiger partial charge in [-0.25, -0.2) is 23.4 Å². The van der Waals surface area contributed by atoms with Gasteiger partial charge < -0.3 is 15.4 Å². The number of likely N-dealkylation sites (tertiary alicyclic amines) is 1. The molecule has 0 bridgehead atoms. The fourth-order valence-corrected chi connectivity index (χ4v) is 4.49. The molecule has 1 fully saturated rings. The topological polar surface area (TPSA) is 99.2 Å². The summed E-state index contributed by atoms with van der Waals surface area (Å²) in [4.78, 5) is 22.4. The van der Waals surface area contributed by atoms with Crippen molar-refractivity contribution in [3.05, 3.63) is 78.6 Å². The average molecular weight is 491 g/mol. The summed E-state index contributed by atoms with van der Waals surface area (Å²) in [5.74, 6) is -0.863. The number of carbonyl (C=O) groups is 1. The maximum absolute atomic E-state index is 15.0. The third kappa shape index (κ3) is 4.49. The van der Waals surface area contributed by atoms with E-state index < -0.39 is 5.82 Å². The molecule has 0 radical (unpaired) electrons. The lowest BCUT2D eigenvalue weighted by Crippen LogP contribution is -2.40. The van der Waals surface area contributed by atoms with Gasteiger partial charge >= 0.3 is 0 Å². The van der Waals surface area contributed by atoms with Crippen LogP contribution in [0.2, 0.25) is 0 Å². The number of piperidine rings is 1. The highest BCUT2D eigenvalue weighted by Gasteiger charge is 2.28. The van der Waals surface area contributed by atoms with E-state index in [9.17, 15) is 9.18 Å². The first-order valence-corrected chi connectivity index (χ1v) is 11.5. The Labute approximate surface area is 206 Å². The van der Waals surface area contributed by atoms with Crippen LogP contribution in [-0.4, -0.2) is 43.6 Å². The van der Waals surface area contributed by atoms with E-state index >= 15 is 4.39 Å². The van der Waals surface area contributed by atoms with Gasteiger partial charge in [-0.2, -0.15) is 5.10 Å². The molecule has 1 aliphatic rings. The lowest BCUT2D eigenvalue weighted by Gasteiger charge is -2.32. The summed E-state index contributed by atoms with van der Waals surface area (Å²) in [6, 6.07) is 10.3. The molecule has 1 amide bonds. The van der Waals surface area contributed by atoms with Crippen LogP contribution in [0.15, 0.2) is 61.4 Å². The summed E-state index contributed by atoms with van der Waals surface area (Å²) >= 11 is 0. The Morgan fingerprint density at radius 1 is 1.22 bits per heavy atom. The van der Waals surface area contributed by atoms with Crippen LogP contribution in [0.3, 0.4) is 0 Å². The summed E-state index contributed by atoms with van der Waals surface area (Å²) < 4.78 is 35.7. The minimum absolute atomic E-state index is 0.0218. The Kier molecular flexibility index (Phi) is 6.32. The fraction of sp³-hybridized carbons (Fsp3) is 0.231. The van der Waals surface area contributed by atoms with Crippen molar-refractivity contribution in [2.75, 3.05) is 18.8 Å². The molecule has 5 rings (SSSR count). The first-order chi connectivity index (χ1) is 17.4. The predicted molar refractivity (Wildman–Crippen MR) is 131 cm³/mol. The highest BCUT2D eigenvalue weighted by atomic mass is 19.1. The van der Waals surface area contributed by atoms with Crippen LogP contribution in [0.25, 0.3) is 22.3 Å². The van der Waals surface area contributed by atoms with E-state index in [1.54, 1.807) is 27.8 Å². The predicted octanol–water partition coefficient (Wildman–Crippen LogP) is 4.28. The Hall–Kier alpha value is -4.34. The SMILES string of the molecule is C=CC(=O)N1CCCC(n2nc(-c3ccc(OCc4cccc(F)c4)c(F)c3)c3c(N)ncnc32)C1. The fourth-order valence-electron chi connectivity index (χ4n) is 4.49. The number of rotatable bonds is 6. The normalized spacial score (nSPS) is 15.7. The Bertz CT molecular complexity index is 1450. The van der Waals surface area contributed by atoms with E-state index in [0.29, 0.717) is 40.9 Å². The molecule has 8 nitrogen and oxygen atoms in total. The molecular weight excluding hydrogens is 466 g/mol. The summed E-state index contributed by atoms with van der Waals surface area (Å²) in [5, 5.41) is 5.27. The van der Waals surface area contributed by atoms with Gasteiger partial charge in [-0.3, -0.25) is 4.79 Å². The molecule has 184 valence electrons. The van der Waals surface area contributed by atoms with Crippen LogP contribution in [0.4, 0.5) is 14.6 Å². The Morgan fingerprint density at radius 2 is 2.08 bits per heavy atom. The maximum atomic E-state index is 15.0. The van der Waals surface area contributed by atoms with E-state index in [4.69, 9.17) is 15.6 Å². The summed E-state index contributed by atoms with van der Waals surface area (Å²) in [6.45, 7) is 4.69. The van der Waals surface area contributed by atoms with Gasteiger partial charge in [-0.05, 0) is 54.8 Å². The van der Waals surface area contributed by atoms with Gasteiger partial charge in [0.2, 0.25) is 5.91 Å². The molecule has 0 aliphatic carbocycles. The largest absolute Gasteiger partial charge is 0.486 e. The standard InChI is InChI=1S/C26H24F2N6O2/c1-2-22(35)33-10-4-7-19(13-33)34-26-23(25(29)30-15-31-26)24(32-34)17-8-9-21(20(28)12-17)36-14-16-5-3-6-18(27)11-16/h2-3,5-6,8-9,11-12,15,19H,1,4,7,10,13-14H2,(H2,29,30,31). The van der Waals surface area contributed by atoms with Gasteiger partial charge in [0.15, 0.2) is 17.2 Å². The van der Waals surface area contributed by atoms with Gasteiger partial charge in [-0.15, -0.1) is 0 Å². The van der Waals surface area contributed by atoms with E-state index in [0.717, 1.165) is 12.8 Å². The number of amides is 1. The molecule has 2 N–H and O–H groups in total. The van der Waals surface area contributed by atoms with Gasteiger partial charge in [0.1, 0.15) is 30.3 Å². The molecule has 4 aromatic rings. The van der Waals surface area contributed by atoms with Crippen molar-refractivity contribution < 1.29 is 18.3 Å². The van der Waals surface area contributed by atoms with Crippen molar-refractivity contribution in [1.29, 1.82) is 0 Å². The molecule has 1 saturated heterocycles. The summed E-state index contributed by atoms with van der Waals surface area (Å²) in [6.07, 6.45) is 4.25. The number of carbonyl (C=O) groups excluding carboxylic acids is 1. The number of ether oxygens (including phenoxy) is 1. The third-order valence-electron chi connectivity index (χ3n) is 6.24. The minimum atomic E-state index is -0.595. The molecule has 1 unspecified atom stereocenters. The Morgan fingerprint density at radius 3 is 2.86 bits per heavy atom. The van der Waals surface area contributed by atoms with Crippen molar-refractivity contribution in [3.8, 4) is 17.0 Å². The second kappa shape index (κ2) is 9.73. The first kappa shape index (κ1) is 23.4. The number of anilines is 1. The summed E-state index contributed by atoms with van der Waals surface area (Å²) in [7, 11) is 0. The van der Waals surface area contributed by atoms with Crippen LogP contribution >= 0.6 is 0 Å². The molecule has 10 heteroatoms. The van der Waals surface area contributed by atoms with Gasteiger partial charge in [-0.1, -0.05) is 18.7 Å². The number of aromatic nitrogens is 4. The van der Waals surface area contributed by atoms with E-state index in [2.05, 4.69) is 16.5 Å². The van der Waals surface area contributed by atoms with Crippen LogP contribution < -0.4 is 10.5 Å². The molecular formula is C26H24F2N6O2. The van der Waals surface area contributed by atoms with E-state index in [1.165, 1.54) is 36.7 Å². The lowest BCUT2D eigenvalue weighted by atomic mass is 10.1. The zero-order chi connectivity index (χ0) is 25.2. The highest BCUT2D eigenvalue weighted by Crippen LogP contribution is 2.35. The minimum Gasteiger partial charge on any atom is -0.486 e. The van der Waals surface area contributed by atoms with Crippen LogP contribution in [0.1, 0.15) is 24.4 Å². The monoisotopic (exact) mass is 490 g/mol. The number of hydrogen-bond donors (Lipinski definition) is 1. The zero-order valence-electron chi connectivity index (χ0n) is 19.4. The van der Waals surface area contributed by atoms with Crippen molar-refractivity contribution in [3.63, 3.8) is 0 Å². The zero-order valence-corrected chi connectivity index (χ0v) is 19.4. The molecule has 1 atom stereocenters. The summed E-state index contributed by atoms with van der Waals surface area (Å²) in [5.41, 5.74) is 8.21. The second-order valence-electron chi connectivity index (χ2n) is 8.60. The molecule has 2 aromatic carbocycles. The smallest absolute Gasteiger partial charge is 0.246 e. The van der Waals surface area contributed by atoms with Crippen molar-refractivity contribution in [1.82, 2.24) is 24.6 Å². The average Bonchev–Trinajstić information content (AvgIpc) is 3.29. The van der Waals surface area contributed by atoms with Gasteiger partial charge in [0.05, 0.1) is 11.4 Å². The maximum Gasteiger partial charge on any atom is 0.246 e. The number of nitrogens with zero attached hydrogens (tertiary/aromatic N) is 5. The number of fused-ring (bicyclic) bond motifs is 1. The number of halogens is 2. The molecule has 0 saturated carbocycles. The molecule has 1 aliphatic heterocycles. The first-order valence-electron chi connectivity index (χ1n) is 11.5. The number of hydrogen-bond acceptors (Lipinski definition) is 6.